The zero-order chi connectivity index (χ0) is 19.2. The van der Waals surface area contributed by atoms with E-state index in [2.05, 4.69) is 0 Å². The van der Waals surface area contributed by atoms with Crippen LogP contribution >= 0.6 is 69.6 Å². The molecule has 2 aromatic rings. The summed E-state index contributed by atoms with van der Waals surface area (Å²) in [6.45, 7) is 0. The summed E-state index contributed by atoms with van der Waals surface area (Å²) < 4.78 is 4.39. The molecule has 2 aliphatic rings. The van der Waals surface area contributed by atoms with Crippen molar-refractivity contribution in [3.8, 4) is 23.2 Å². The minimum atomic E-state index is -1.93. The third kappa shape index (κ3) is 1.77. The summed E-state index contributed by atoms with van der Waals surface area (Å²) in [6, 6.07) is 6.64. The van der Waals surface area contributed by atoms with Crippen molar-refractivity contribution in [3.63, 3.8) is 0 Å². The SMILES string of the molecule is COc1cccc(-n2c(O)c3c(c2O)[C@@]2(Cl)C(Cl)=C(Cl)[C@]3(Cl)C2(Cl)Cl)c1. The van der Waals surface area contributed by atoms with Crippen LogP contribution in [0.4, 0.5) is 0 Å². The smallest absolute Gasteiger partial charge is 0.204 e. The van der Waals surface area contributed by atoms with Crippen LogP contribution in [0.3, 0.4) is 0 Å². The van der Waals surface area contributed by atoms with Crippen molar-refractivity contribution < 1.29 is 14.9 Å². The number of rotatable bonds is 2. The number of allylic oxidation sites excluding steroid dienone is 2. The first kappa shape index (κ1) is 18.7. The Balaban J connectivity index is 2.07. The maximum absolute atomic E-state index is 10.9. The van der Waals surface area contributed by atoms with Gasteiger partial charge in [0.05, 0.1) is 34.0 Å². The molecular weight excluding hydrogens is 467 g/mol. The second-order valence-corrected chi connectivity index (χ2v) is 9.17. The lowest BCUT2D eigenvalue weighted by Gasteiger charge is -2.32. The predicted octanol–water partition coefficient (Wildman–Crippen LogP) is 5.66. The number of nitrogens with zero attached hydrogens (tertiary/aromatic N) is 1. The summed E-state index contributed by atoms with van der Waals surface area (Å²) in [7, 11) is 1.50. The highest BCUT2D eigenvalue weighted by atomic mass is 35.5. The van der Waals surface area contributed by atoms with Crippen molar-refractivity contribution in [1.82, 2.24) is 4.57 Å². The van der Waals surface area contributed by atoms with Crippen LogP contribution in [0.5, 0.6) is 17.5 Å². The third-order valence-corrected chi connectivity index (χ3v) is 8.86. The standard InChI is InChI=1S/C16H9Cl6NO3/c1-26-7-4-2-3-6(5-7)23-12(24)8-9(13(23)25)15(20)11(18)10(17)14(8,19)16(15,21)22/h2-5,24-25H,1H3/t14-,15+. The summed E-state index contributed by atoms with van der Waals surface area (Å²) in [6.07, 6.45) is 0. The lowest BCUT2D eigenvalue weighted by molar-refractivity contribution is 0.389. The highest BCUT2D eigenvalue weighted by molar-refractivity contribution is 6.65. The van der Waals surface area contributed by atoms with E-state index in [1.54, 1.807) is 24.3 Å². The molecule has 0 saturated carbocycles. The van der Waals surface area contributed by atoms with Gasteiger partial charge in [0.25, 0.3) is 0 Å². The van der Waals surface area contributed by atoms with Crippen LogP contribution in [-0.4, -0.2) is 26.2 Å². The Morgan fingerprint density at radius 2 is 1.42 bits per heavy atom. The van der Waals surface area contributed by atoms with Gasteiger partial charge in [0, 0.05) is 6.07 Å². The first-order valence-corrected chi connectivity index (χ1v) is 9.45. The number of aromatic hydroxyl groups is 2. The van der Waals surface area contributed by atoms with E-state index in [9.17, 15) is 10.2 Å². The van der Waals surface area contributed by atoms with Gasteiger partial charge in [0.1, 0.15) is 15.5 Å². The molecule has 0 fully saturated rings. The van der Waals surface area contributed by atoms with E-state index >= 15 is 0 Å². The summed E-state index contributed by atoms with van der Waals surface area (Å²) in [5, 5.41) is 21.5. The van der Waals surface area contributed by atoms with E-state index in [1.165, 1.54) is 7.11 Å². The van der Waals surface area contributed by atoms with Crippen LogP contribution in [0.25, 0.3) is 5.69 Å². The summed E-state index contributed by atoms with van der Waals surface area (Å²) >= 11 is 38.7. The topological polar surface area (TPSA) is 54.6 Å². The van der Waals surface area contributed by atoms with E-state index in [-0.39, 0.29) is 21.2 Å². The Bertz CT molecular complexity index is 949. The van der Waals surface area contributed by atoms with Gasteiger partial charge in [-0.2, -0.15) is 0 Å². The summed E-state index contributed by atoms with van der Waals surface area (Å²) in [5.74, 6) is -0.301. The second-order valence-electron chi connectivity index (χ2n) is 5.95. The molecule has 1 aromatic carbocycles. The van der Waals surface area contributed by atoms with Crippen molar-refractivity contribution >= 4 is 69.6 Å². The third-order valence-electron chi connectivity index (χ3n) is 4.78. The number of halogens is 6. The van der Waals surface area contributed by atoms with Crippen LogP contribution in [0.2, 0.25) is 0 Å². The fraction of sp³-hybridized carbons (Fsp3) is 0.250. The van der Waals surface area contributed by atoms with Gasteiger partial charge in [-0.1, -0.05) is 52.5 Å². The van der Waals surface area contributed by atoms with Crippen molar-refractivity contribution in [2.75, 3.05) is 7.11 Å². The van der Waals surface area contributed by atoms with Gasteiger partial charge in [-0.15, -0.1) is 23.2 Å². The van der Waals surface area contributed by atoms with E-state index < -0.39 is 25.8 Å². The van der Waals surface area contributed by atoms with Gasteiger partial charge in [0.15, 0.2) is 4.33 Å². The number of alkyl halides is 4. The normalized spacial score (nSPS) is 28.6. The molecule has 2 bridgehead atoms. The fourth-order valence-electron chi connectivity index (χ4n) is 3.54. The largest absolute Gasteiger partial charge is 0.497 e. The predicted molar refractivity (Wildman–Crippen MR) is 104 cm³/mol. The molecule has 0 unspecified atom stereocenters. The first-order valence-electron chi connectivity index (χ1n) is 7.19. The van der Waals surface area contributed by atoms with Crippen LogP contribution < -0.4 is 4.74 Å². The van der Waals surface area contributed by atoms with Gasteiger partial charge in [-0.25, -0.2) is 0 Å². The van der Waals surface area contributed by atoms with E-state index in [4.69, 9.17) is 74.3 Å². The number of benzene rings is 1. The molecule has 0 amide bonds. The van der Waals surface area contributed by atoms with Crippen molar-refractivity contribution in [2.45, 2.75) is 14.1 Å². The molecule has 26 heavy (non-hydrogen) atoms. The number of fused-ring (bicyclic) bond motifs is 5. The van der Waals surface area contributed by atoms with Crippen molar-refractivity contribution in [3.05, 3.63) is 45.5 Å². The molecule has 1 aromatic heterocycles. The van der Waals surface area contributed by atoms with E-state index in [1.807, 2.05) is 0 Å². The van der Waals surface area contributed by atoms with Gasteiger partial charge >= 0.3 is 0 Å². The number of hydrogen-bond donors (Lipinski definition) is 2. The number of methoxy groups -OCH3 is 1. The van der Waals surface area contributed by atoms with E-state index in [0.29, 0.717) is 11.4 Å². The van der Waals surface area contributed by atoms with Gasteiger partial charge in [0.2, 0.25) is 11.8 Å². The molecular formula is C16H9Cl6NO3. The van der Waals surface area contributed by atoms with Gasteiger partial charge in [-0.3, -0.25) is 4.57 Å². The van der Waals surface area contributed by atoms with Gasteiger partial charge in [-0.05, 0) is 12.1 Å². The number of aromatic nitrogens is 1. The molecule has 10 heteroatoms. The quantitative estimate of drug-likeness (QED) is 0.551. The molecule has 0 spiro atoms. The maximum atomic E-state index is 10.9. The van der Waals surface area contributed by atoms with E-state index in [0.717, 1.165) is 4.57 Å². The summed E-state index contributed by atoms with van der Waals surface area (Å²) in [5.41, 5.74) is 0.415. The molecule has 0 aliphatic heterocycles. The lowest BCUT2D eigenvalue weighted by atomic mass is 10.00. The molecule has 4 nitrogen and oxygen atoms in total. The summed E-state index contributed by atoms with van der Waals surface area (Å²) in [4.78, 5) is -3.64. The van der Waals surface area contributed by atoms with Crippen LogP contribution in [0.15, 0.2) is 34.3 Å². The average molecular weight is 476 g/mol. The molecule has 138 valence electrons. The first-order chi connectivity index (χ1) is 12.0. The molecule has 0 saturated heterocycles. The zero-order valence-electron chi connectivity index (χ0n) is 12.8. The Morgan fingerprint density at radius 3 is 1.88 bits per heavy atom. The Morgan fingerprint density at radius 1 is 0.923 bits per heavy atom. The Kier molecular flexibility index (Phi) is 3.94. The molecule has 4 rings (SSSR count). The molecule has 0 radical (unpaired) electrons. The molecule has 2 atom stereocenters. The van der Waals surface area contributed by atoms with Crippen LogP contribution in [-0.2, 0) is 9.75 Å². The van der Waals surface area contributed by atoms with Crippen molar-refractivity contribution in [1.29, 1.82) is 0 Å². The molecule has 2 N–H and O–H groups in total. The van der Waals surface area contributed by atoms with Gasteiger partial charge < -0.3 is 14.9 Å². The second kappa shape index (κ2) is 5.47. The number of hydrogen-bond acceptors (Lipinski definition) is 3. The van der Waals surface area contributed by atoms with Crippen LogP contribution in [0.1, 0.15) is 11.1 Å². The number of ether oxygens (including phenoxy) is 1. The Hall–Kier alpha value is -0.620. The zero-order valence-corrected chi connectivity index (χ0v) is 17.4. The maximum Gasteiger partial charge on any atom is 0.204 e. The average Bonchev–Trinajstić information content (AvgIpc) is 2.99. The Labute approximate surface area is 178 Å². The highest BCUT2D eigenvalue weighted by Gasteiger charge is 2.80. The minimum Gasteiger partial charge on any atom is -0.497 e. The van der Waals surface area contributed by atoms with Crippen LogP contribution in [0, 0.1) is 0 Å². The van der Waals surface area contributed by atoms with Crippen molar-refractivity contribution in [2.24, 2.45) is 0 Å². The molecule has 1 heterocycles. The lowest BCUT2D eigenvalue weighted by Crippen LogP contribution is -2.40. The monoisotopic (exact) mass is 473 g/mol. The molecule has 2 aliphatic carbocycles. The highest BCUT2D eigenvalue weighted by Crippen LogP contribution is 2.80. The fourth-order valence-corrected chi connectivity index (χ4v) is 6.22. The minimum absolute atomic E-state index is 0.00823.